The van der Waals surface area contributed by atoms with Gasteiger partial charge in [-0.05, 0) is 49.5 Å². The summed E-state index contributed by atoms with van der Waals surface area (Å²) in [4.78, 5) is 12.7. The summed E-state index contributed by atoms with van der Waals surface area (Å²) in [7, 11) is 0. The van der Waals surface area contributed by atoms with Crippen molar-refractivity contribution in [1.29, 1.82) is 0 Å². The van der Waals surface area contributed by atoms with E-state index in [4.69, 9.17) is 14.2 Å². The summed E-state index contributed by atoms with van der Waals surface area (Å²) < 4.78 is 18.8. The van der Waals surface area contributed by atoms with Crippen LogP contribution in [0.4, 0.5) is 0 Å². The summed E-state index contributed by atoms with van der Waals surface area (Å²) in [6.45, 7) is 10.4. The third-order valence-electron chi connectivity index (χ3n) is 5.38. The van der Waals surface area contributed by atoms with Crippen molar-refractivity contribution in [2.45, 2.75) is 72.6 Å². The molecule has 0 aliphatic heterocycles. The topological polar surface area (TPSA) is 44.8 Å². The number of aryl methyl sites for hydroxylation is 1. The quantitative estimate of drug-likeness (QED) is 0.149. The second kappa shape index (κ2) is 15.2. The Morgan fingerprint density at radius 1 is 0.758 bits per heavy atom. The van der Waals surface area contributed by atoms with Gasteiger partial charge in [0.15, 0.2) is 17.3 Å². The van der Waals surface area contributed by atoms with Crippen LogP contribution in [0.15, 0.2) is 42.5 Å². The summed E-state index contributed by atoms with van der Waals surface area (Å²) in [5.74, 6) is 2.08. The lowest BCUT2D eigenvalue weighted by molar-refractivity contribution is 0.104. The minimum absolute atomic E-state index is 0.0371. The first-order valence-corrected chi connectivity index (χ1v) is 12.5. The molecule has 0 bridgehead atoms. The van der Waals surface area contributed by atoms with E-state index >= 15 is 0 Å². The molecule has 4 heteroatoms. The average Bonchev–Trinajstić information content (AvgIpc) is 2.85. The molecule has 0 heterocycles. The summed E-state index contributed by atoms with van der Waals surface area (Å²) in [6.07, 6.45) is 10.3. The van der Waals surface area contributed by atoms with Crippen molar-refractivity contribution in [3.05, 3.63) is 59.2 Å². The van der Waals surface area contributed by atoms with Gasteiger partial charge < -0.3 is 14.2 Å². The Morgan fingerprint density at radius 2 is 1.30 bits per heavy atom. The average molecular weight is 453 g/mol. The number of allylic oxidation sites excluding steroid dienone is 1. The van der Waals surface area contributed by atoms with Gasteiger partial charge in [0, 0.05) is 11.1 Å². The highest BCUT2D eigenvalue weighted by atomic mass is 16.5. The van der Waals surface area contributed by atoms with Crippen LogP contribution in [0.2, 0.25) is 0 Å². The van der Waals surface area contributed by atoms with Gasteiger partial charge in [-0.1, -0.05) is 77.3 Å². The zero-order chi connectivity index (χ0) is 23.9. The number of hydrogen-bond acceptors (Lipinski definition) is 4. The maximum absolute atomic E-state index is 12.7. The van der Waals surface area contributed by atoms with Crippen LogP contribution in [0.25, 0.3) is 6.08 Å². The van der Waals surface area contributed by atoms with Crippen LogP contribution >= 0.6 is 0 Å². The maximum atomic E-state index is 12.7. The van der Waals surface area contributed by atoms with Crippen LogP contribution in [0.5, 0.6) is 17.2 Å². The number of ether oxygens (including phenoxy) is 3. The van der Waals surface area contributed by atoms with Crippen molar-refractivity contribution >= 4 is 11.9 Å². The molecule has 0 aliphatic carbocycles. The first kappa shape index (κ1) is 26.5. The molecular weight excluding hydrogens is 412 g/mol. The number of carbonyl (C=O) groups is 1. The van der Waals surface area contributed by atoms with Crippen molar-refractivity contribution < 1.29 is 19.0 Å². The second-order valence-corrected chi connectivity index (χ2v) is 8.14. The molecule has 2 aromatic carbocycles. The standard InChI is InChI=1S/C29H40O4/c1-5-9-19-31-27-23(8-4)22-25(17-18-26(30)24-15-13-12-14-16-24)28(32-20-10-6-2)29(27)33-21-11-7-3/h12-18,22H,5-11,19-21H2,1-4H3. The van der Waals surface area contributed by atoms with Gasteiger partial charge in [0.2, 0.25) is 5.75 Å². The molecule has 0 atom stereocenters. The zero-order valence-electron chi connectivity index (χ0n) is 20.8. The molecule has 0 fully saturated rings. The van der Waals surface area contributed by atoms with Gasteiger partial charge in [-0.25, -0.2) is 0 Å². The molecule has 2 aromatic rings. The van der Waals surface area contributed by atoms with E-state index in [2.05, 4.69) is 33.8 Å². The monoisotopic (exact) mass is 452 g/mol. The van der Waals surface area contributed by atoms with Gasteiger partial charge in [0.25, 0.3) is 0 Å². The van der Waals surface area contributed by atoms with Gasteiger partial charge in [-0.2, -0.15) is 0 Å². The van der Waals surface area contributed by atoms with Crippen molar-refractivity contribution in [1.82, 2.24) is 0 Å². The van der Waals surface area contributed by atoms with Gasteiger partial charge in [-0.15, -0.1) is 0 Å². The fourth-order valence-corrected chi connectivity index (χ4v) is 3.34. The molecule has 2 rings (SSSR count). The highest BCUT2D eigenvalue weighted by Gasteiger charge is 2.21. The number of unbranched alkanes of at least 4 members (excludes halogenated alkanes) is 3. The molecule has 0 spiro atoms. The van der Waals surface area contributed by atoms with Crippen molar-refractivity contribution in [2.24, 2.45) is 0 Å². The third-order valence-corrected chi connectivity index (χ3v) is 5.38. The van der Waals surface area contributed by atoms with E-state index < -0.39 is 0 Å². The van der Waals surface area contributed by atoms with Crippen LogP contribution in [0.1, 0.15) is 87.7 Å². The first-order chi connectivity index (χ1) is 16.2. The molecule has 0 N–H and O–H groups in total. The van der Waals surface area contributed by atoms with Crippen molar-refractivity contribution in [3.63, 3.8) is 0 Å². The molecule has 0 unspecified atom stereocenters. The SMILES string of the molecule is CCCCOc1c(C=CC(=O)c2ccccc2)cc(CC)c(OCCCC)c1OCCCC. The number of ketones is 1. The fourth-order valence-electron chi connectivity index (χ4n) is 3.34. The van der Waals surface area contributed by atoms with Crippen LogP contribution < -0.4 is 14.2 Å². The maximum Gasteiger partial charge on any atom is 0.204 e. The van der Waals surface area contributed by atoms with Crippen LogP contribution in [0, 0.1) is 0 Å². The van der Waals surface area contributed by atoms with Crippen molar-refractivity contribution in [2.75, 3.05) is 19.8 Å². The number of benzene rings is 2. The van der Waals surface area contributed by atoms with E-state index in [0.29, 0.717) is 36.9 Å². The van der Waals surface area contributed by atoms with Gasteiger partial charge in [0.1, 0.15) is 0 Å². The lowest BCUT2D eigenvalue weighted by Crippen LogP contribution is -2.09. The zero-order valence-corrected chi connectivity index (χ0v) is 20.8. The Kier molecular flexibility index (Phi) is 12.2. The summed E-state index contributed by atoms with van der Waals surface area (Å²) in [5, 5.41) is 0. The largest absolute Gasteiger partial charge is 0.489 e. The Bertz CT molecular complexity index is 871. The number of hydrogen-bond donors (Lipinski definition) is 0. The molecule has 0 saturated heterocycles. The molecule has 33 heavy (non-hydrogen) atoms. The Labute approximate surface area is 200 Å². The molecule has 180 valence electrons. The molecule has 0 amide bonds. The van der Waals surface area contributed by atoms with E-state index in [-0.39, 0.29) is 5.78 Å². The highest BCUT2D eigenvalue weighted by molar-refractivity contribution is 6.07. The van der Waals surface area contributed by atoms with E-state index in [9.17, 15) is 4.79 Å². The van der Waals surface area contributed by atoms with Crippen LogP contribution in [-0.2, 0) is 6.42 Å². The summed E-state index contributed by atoms with van der Waals surface area (Å²) in [6, 6.07) is 11.4. The third kappa shape index (κ3) is 8.27. The molecule has 0 saturated carbocycles. The fraction of sp³-hybridized carbons (Fsp3) is 0.483. The minimum Gasteiger partial charge on any atom is -0.489 e. The minimum atomic E-state index is -0.0371. The highest BCUT2D eigenvalue weighted by Crippen LogP contribution is 2.44. The predicted octanol–water partition coefficient (Wildman–Crippen LogP) is 7.68. The predicted molar refractivity (Wildman–Crippen MR) is 137 cm³/mol. The van der Waals surface area contributed by atoms with Gasteiger partial charge in [-0.3, -0.25) is 4.79 Å². The van der Waals surface area contributed by atoms with E-state index in [1.165, 1.54) is 0 Å². The summed E-state index contributed by atoms with van der Waals surface area (Å²) in [5.41, 5.74) is 2.57. The lowest BCUT2D eigenvalue weighted by Gasteiger charge is -2.21. The van der Waals surface area contributed by atoms with E-state index in [1.54, 1.807) is 6.08 Å². The van der Waals surface area contributed by atoms with Crippen molar-refractivity contribution in [3.8, 4) is 17.2 Å². The number of carbonyl (C=O) groups excluding carboxylic acids is 1. The van der Waals surface area contributed by atoms with Crippen LogP contribution in [-0.4, -0.2) is 25.6 Å². The Morgan fingerprint density at radius 3 is 1.85 bits per heavy atom. The van der Waals surface area contributed by atoms with E-state index in [1.807, 2.05) is 36.4 Å². The second-order valence-electron chi connectivity index (χ2n) is 8.14. The van der Waals surface area contributed by atoms with Crippen LogP contribution in [0.3, 0.4) is 0 Å². The first-order valence-electron chi connectivity index (χ1n) is 12.5. The molecule has 0 radical (unpaired) electrons. The summed E-state index contributed by atoms with van der Waals surface area (Å²) >= 11 is 0. The molecule has 0 aliphatic rings. The molecule has 4 nitrogen and oxygen atoms in total. The van der Waals surface area contributed by atoms with Gasteiger partial charge in [0.05, 0.1) is 19.8 Å². The smallest absolute Gasteiger partial charge is 0.204 e. The van der Waals surface area contributed by atoms with E-state index in [0.717, 1.165) is 61.8 Å². The van der Waals surface area contributed by atoms with Gasteiger partial charge >= 0.3 is 0 Å². The molecular formula is C29H40O4. The number of rotatable bonds is 16. The normalized spacial score (nSPS) is 11.0. The Hall–Kier alpha value is -2.75. The Balaban J connectivity index is 2.50. The lowest BCUT2D eigenvalue weighted by atomic mass is 10.0. The molecule has 0 aromatic heterocycles.